The van der Waals surface area contributed by atoms with Crippen LogP contribution in [0.3, 0.4) is 0 Å². The van der Waals surface area contributed by atoms with Crippen LogP contribution in [0.2, 0.25) is 5.15 Å². The van der Waals surface area contributed by atoms with Crippen LogP contribution >= 0.6 is 11.6 Å². The molecule has 2 aliphatic heterocycles. The molecule has 2 fully saturated rings. The first-order chi connectivity index (χ1) is 14.4. The van der Waals surface area contributed by atoms with Crippen molar-refractivity contribution in [3.63, 3.8) is 0 Å². The molecule has 0 saturated carbocycles. The number of amides is 2. The van der Waals surface area contributed by atoms with Gasteiger partial charge in [-0.1, -0.05) is 41.4 Å². The van der Waals surface area contributed by atoms with Crippen molar-refractivity contribution in [1.29, 1.82) is 0 Å². The Labute approximate surface area is 181 Å². The lowest BCUT2D eigenvalue weighted by molar-refractivity contribution is -0.142. The molecule has 0 radical (unpaired) electrons. The van der Waals surface area contributed by atoms with Crippen LogP contribution in [0.1, 0.15) is 40.0 Å². The van der Waals surface area contributed by atoms with Crippen molar-refractivity contribution in [1.82, 2.24) is 19.6 Å². The summed E-state index contributed by atoms with van der Waals surface area (Å²) in [5.41, 5.74) is 3.33. The van der Waals surface area contributed by atoms with E-state index in [-0.39, 0.29) is 17.9 Å². The van der Waals surface area contributed by atoms with Gasteiger partial charge in [-0.05, 0) is 32.3 Å². The van der Waals surface area contributed by atoms with Gasteiger partial charge in [0.05, 0.1) is 17.8 Å². The van der Waals surface area contributed by atoms with E-state index >= 15 is 0 Å². The lowest BCUT2D eigenvalue weighted by Crippen LogP contribution is -2.52. The molecule has 0 unspecified atom stereocenters. The van der Waals surface area contributed by atoms with E-state index in [1.807, 2.05) is 38.1 Å². The topological polar surface area (TPSA) is 67.7 Å². The molecule has 160 valence electrons. The normalized spacial score (nSPS) is 19.4. The Balaban J connectivity index is 1.42. The Hall–Kier alpha value is -2.38. The average molecular weight is 431 g/mol. The second kappa shape index (κ2) is 8.78. The largest absolute Gasteiger partial charge is 0.368 e. The van der Waals surface area contributed by atoms with Gasteiger partial charge in [0.15, 0.2) is 0 Å². The van der Waals surface area contributed by atoms with E-state index in [0.717, 1.165) is 18.4 Å². The van der Waals surface area contributed by atoms with Gasteiger partial charge in [0.1, 0.15) is 11.3 Å². The molecule has 0 aliphatic carbocycles. The molecule has 30 heavy (non-hydrogen) atoms. The third-order valence-electron chi connectivity index (χ3n) is 5.82. The third-order valence-corrected chi connectivity index (χ3v) is 6.20. The molecular formula is C22H27ClN4O3. The maximum Gasteiger partial charge on any atom is 0.259 e. The fourth-order valence-corrected chi connectivity index (χ4v) is 4.35. The van der Waals surface area contributed by atoms with Gasteiger partial charge in [-0.3, -0.25) is 9.59 Å². The van der Waals surface area contributed by atoms with Crippen molar-refractivity contribution in [3.05, 3.63) is 51.8 Å². The molecule has 1 atom stereocenters. The van der Waals surface area contributed by atoms with Crippen LogP contribution in [0, 0.1) is 13.8 Å². The number of hydrogen-bond acceptors (Lipinski definition) is 4. The summed E-state index contributed by atoms with van der Waals surface area (Å²) in [7, 11) is 0. The molecule has 2 aliphatic rings. The Morgan fingerprint density at radius 3 is 2.40 bits per heavy atom. The molecule has 2 saturated heterocycles. The summed E-state index contributed by atoms with van der Waals surface area (Å²) >= 11 is 6.56. The molecule has 1 aromatic heterocycles. The first kappa shape index (κ1) is 20.9. The minimum absolute atomic E-state index is 0.0414. The maximum atomic E-state index is 13.1. The number of ether oxygens (including phenoxy) is 1. The lowest BCUT2D eigenvalue weighted by Gasteiger charge is -2.35. The summed E-state index contributed by atoms with van der Waals surface area (Å²) in [6, 6.07) is 8.16. The zero-order valence-corrected chi connectivity index (χ0v) is 18.2. The van der Waals surface area contributed by atoms with Crippen molar-refractivity contribution >= 4 is 23.4 Å². The fourth-order valence-electron chi connectivity index (χ4n) is 4.03. The van der Waals surface area contributed by atoms with Gasteiger partial charge in [0.25, 0.3) is 11.8 Å². The molecule has 0 bridgehead atoms. The zero-order valence-electron chi connectivity index (χ0n) is 17.4. The van der Waals surface area contributed by atoms with E-state index in [2.05, 4.69) is 5.10 Å². The van der Waals surface area contributed by atoms with Crippen molar-refractivity contribution < 1.29 is 14.3 Å². The number of piperazine rings is 1. The van der Waals surface area contributed by atoms with Gasteiger partial charge in [0.2, 0.25) is 0 Å². The van der Waals surface area contributed by atoms with Crippen LogP contribution in [-0.4, -0.2) is 70.3 Å². The first-order valence-electron chi connectivity index (χ1n) is 10.4. The second-order valence-corrected chi connectivity index (χ2v) is 8.37. The van der Waals surface area contributed by atoms with Crippen molar-refractivity contribution in [2.24, 2.45) is 0 Å². The summed E-state index contributed by atoms with van der Waals surface area (Å²) in [6.45, 7) is 7.00. The van der Waals surface area contributed by atoms with Crippen molar-refractivity contribution in [2.45, 2.75) is 39.3 Å². The van der Waals surface area contributed by atoms with Gasteiger partial charge in [-0.15, -0.1) is 0 Å². The number of carbonyl (C=O) groups excluding carboxylic acids is 2. The van der Waals surface area contributed by atoms with Crippen LogP contribution in [0.5, 0.6) is 0 Å². The van der Waals surface area contributed by atoms with E-state index in [9.17, 15) is 9.59 Å². The van der Waals surface area contributed by atoms with Crippen LogP contribution in [0.25, 0.3) is 0 Å². The van der Waals surface area contributed by atoms with Gasteiger partial charge in [-0.25, -0.2) is 4.68 Å². The summed E-state index contributed by atoms with van der Waals surface area (Å²) in [4.78, 5) is 29.2. The number of aryl methyl sites for hydroxylation is 2. The quantitative estimate of drug-likeness (QED) is 0.747. The average Bonchev–Trinajstić information content (AvgIpc) is 3.37. The van der Waals surface area contributed by atoms with E-state index in [1.54, 1.807) is 14.5 Å². The highest BCUT2D eigenvalue weighted by atomic mass is 35.5. The lowest BCUT2D eigenvalue weighted by atomic mass is 10.1. The highest BCUT2D eigenvalue weighted by Crippen LogP contribution is 2.24. The molecule has 0 spiro atoms. The number of aromatic nitrogens is 2. The van der Waals surface area contributed by atoms with Crippen molar-refractivity contribution in [3.8, 4) is 0 Å². The van der Waals surface area contributed by atoms with Crippen LogP contribution in [0.4, 0.5) is 0 Å². The minimum Gasteiger partial charge on any atom is -0.368 e. The van der Waals surface area contributed by atoms with Gasteiger partial charge >= 0.3 is 0 Å². The second-order valence-electron chi connectivity index (χ2n) is 8.01. The molecular weight excluding hydrogens is 404 g/mol. The Morgan fingerprint density at radius 1 is 1.10 bits per heavy atom. The summed E-state index contributed by atoms with van der Waals surface area (Å²) in [5, 5.41) is 4.85. The van der Waals surface area contributed by atoms with Crippen LogP contribution in [0.15, 0.2) is 24.3 Å². The molecule has 3 heterocycles. The smallest absolute Gasteiger partial charge is 0.259 e. The fraction of sp³-hybridized carbons (Fsp3) is 0.500. The Kier molecular flexibility index (Phi) is 6.11. The first-order valence-corrected chi connectivity index (χ1v) is 10.8. The molecule has 0 N–H and O–H groups in total. The predicted molar refractivity (Wildman–Crippen MR) is 114 cm³/mol. The predicted octanol–water partition coefficient (Wildman–Crippen LogP) is 2.67. The summed E-state index contributed by atoms with van der Waals surface area (Å²) in [5.74, 6) is -0.0865. The van der Waals surface area contributed by atoms with E-state index in [1.165, 1.54) is 5.56 Å². The maximum absolute atomic E-state index is 13.1. The Bertz CT molecular complexity index is 927. The standard InChI is InChI=1S/C22H27ClN4O3/c1-15-5-7-17(8-6-15)14-27-20(23)19(16(2)24-27)22(29)26-11-9-25(10-12-26)21(28)18-4-3-13-30-18/h5-8,18H,3-4,9-14H2,1-2H3/t18-/m1/s1. The summed E-state index contributed by atoms with van der Waals surface area (Å²) < 4.78 is 7.17. The van der Waals surface area contributed by atoms with E-state index in [4.69, 9.17) is 16.3 Å². The third kappa shape index (κ3) is 4.23. The molecule has 2 aromatic rings. The molecule has 8 heteroatoms. The van der Waals surface area contributed by atoms with E-state index < -0.39 is 0 Å². The molecule has 7 nitrogen and oxygen atoms in total. The number of nitrogens with zero attached hydrogens (tertiary/aromatic N) is 4. The number of benzene rings is 1. The molecule has 2 amide bonds. The zero-order chi connectivity index (χ0) is 21.3. The van der Waals surface area contributed by atoms with Crippen LogP contribution in [-0.2, 0) is 16.1 Å². The number of carbonyl (C=O) groups is 2. The number of rotatable bonds is 4. The molecule has 4 rings (SSSR count). The highest BCUT2D eigenvalue weighted by molar-refractivity contribution is 6.33. The van der Waals surface area contributed by atoms with Gasteiger partial charge in [-0.2, -0.15) is 5.10 Å². The van der Waals surface area contributed by atoms with E-state index in [0.29, 0.717) is 55.7 Å². The number of hydrogen-bond donors (Lipinski definition) is 0. The SMILES string of the molecule is Cc1ccc(Cn2nc(C)c(C(=O)N3CCN(C(=O)[C@H]4CCCO4)CC3)c2Cl)cc1. The van der Waals surface area contributed by atoms with Gasteiger partial charge in [0, 0.05) is 32.8 Å². The number of halogens is 1. The highest BCUT2D eigenvalue weighted by Gasteiger charge is 2.33. The Morgan fingerprint density at radius 2 is 1.77 bits per heavy atom. The van der Waals surface area contributed by atoms with Crippen molar-refractivity contribution in [2.75, 3.05) is 32.8 Å². The van der Waals surface area contributed by atoms with Crippen LogP contribution < -0.4 is 0 Å². The summed E-state index contributed by atoms with van der Waals surface area (Å²) in [6.07, 6.45) is 1.40. The van der Waals surface area contributed by atoms with Gasteiger partial charge < -0.3 is 14.5 Å². The molecule has 1 aromatic carbocycles. The minimum atomic E-state index is -0.316. The monoisotopic (exact) mass is 430 g/mol.